The van der Waals surface area contributed by atoms with Crippen molar-refractivity contribution in [3.63, 3.8) is 0 Å². The number of aryl methyl sites for hydroxylation is 1. The molecule has 0 amide bonds. The maximum Gasteiger partial charge on any atom is 0.306 e. The van der Waals surface area contributed by atoms with E-state index in [-0.39, 0.29) is 18.6 Å². The van der Waals surface area contributed by atoms with Crippen molar-refractivity contribution in [2.45, 2.75) is 64.5 Å². The molecule has 2 aliphatic heterocycles. The van der Waals surface area contributed by atoms with Crippen molar-refractivity contribution < 1.29 is 14.6 Å². The number of ether oxygens (including phenoxy) is 1. The summed E-state index contributed by atoms with van der Waals surface area (Å²) in [5, 5.41) is 12.5. The summed E-state index contributed by atoms with van der Waals surface area (Å²) < 4.78 is 5.66. The topological polar surface area (TPSA) is 58.6 Å². The van der Waals surface area contributed by atoms with Crippen molar-refractivity contribution >= 4 is 11.7 Å². The van der Waals surface area contributed by atoms with E-state index in [4.69, 9.17) is 9.84 Å². The second-order valence-corrected chi connectivity index (χ2v) is 6.01. The van der Waals surface area contributed by atoms with Crippen molar-refractivity contribution in [1.82, 2.24) is 0 Å². The minimum Gasteiger partial charge on any atom is -0.481 e. The van der Waals surface area contributed by atoms with Crippen LogP contribution in [-0.2, 0) is 16.0 Å². The molecule has 3 atom stereocenters. The Hall–Kier alpha value is -1.55. The normalized spacial score (nSPS) is 25.3. The van der Waals surface area contributed by atoms with E-state index in [1.807, 2.05) is 0 Å². The third kappa shape index (κ3) is 3.43. The summed E-state index contributed by atoms with van der Waals surface area (Å²) in [6.45, 7) is 7.04. The Morgan fingerprint density at radius 1 is 1.36 bits per heavy atom. The highest BCUT2D eigenvalue weighted by Crippen LogP contribution is 2.44. The van der Waals surface area contributed by atoms with Gasteiger partial charge >= 0.3 is 5.97 Å². The van der Waals surface area contributed by atoms with Crippen molar-refractivity contribution in [3.8, 4) is 0 Å². The summed E-state index contributed by atoms with van der Waals surface area (Å²) in [5.41, 5.74) is 3.85. The van der Waals surface area contributed by atoms with Gasteiger partial charge in [-0.25, -0.2) is 0 Å². The van der Waals surface area contributed by atoms with Gasteiger partial charge in [-0.05, 0) is 24.0 Å². The Kier molecular flexibility index (Phi) is 5.83. The van der Waals surface area contributed by atoms with E-state index >= 15 is 0 Å². The molecule has 122 valence electrons. The number of hydrogen-bond donors (Lipinski definition) is 2. The molecule has 3 rings (SSSR count). The number of para-hydroxylation sites is 1. The van der Waals surface area contributed by atoms with Gasteiger partial charge in [0, 0.05) is 18.2 Å². The highest BCUT2D eigenvalue weighted by molar-refractivity contribution is 5.69. The summed E-state index contributed by atoms with van der Waals surface area (Å²) in [4.78, 5) is 10.9. The van der Waals surface area contributed by atoms with Crippen LogP contribution in [0.2, 0.25) is 0 Å². The number of hydrogen-bond acceptors (Lipinski definition) is 3. The number of anilines is 1. The molecule has 2 aliphatic rings. The zero-order chi connectivity index (χ0) is 16.1. The van der Waals surface area contributed by atoms with Gasteiger partial charge in [-0.1, -0.05) is 45.4 Å². The van der Waals surface area contributed by atoms with Crippen LogP contribution in [0.15, 0.2) is 18.2 Å². The zero-order valence-electron chi connectivity index (χ0n) is 13.8. The smallest absolute Gasteiger partial charge is 0.306 e. The molecule has 1 saturated heterocycles. The molecule has 2 heterocycles. The molecule has 2 N–H and O–H groups in total. The fourth-order valence-corrected chi connectivity index (χ4v) is 3.36. The van der Waals surface area contributed by atoms with Gasteiger partial charge in [-0.3, -0.25) is 4.79 Å². The predicted octanol–water partition coefficient (Wildman–Crippen LogP) is 3.81. The molecule has 22 heavy (non-hydrogen) atoms. The van der Waals surface area contributed by atoms with Gasteiger partial charge in [0.2, 0.25) is 0 Å². The number of aliphatic carboxylic acids is 1. The molecule has 0 saturated carbocycles. The van der Waals surface area contributed by atoms with E-state index in [2.05, 4.69) is 44.3 Å². The molecule has 0 bridgehead atoms. The summed E-state index contributed by atoms with van der Waals surface area (Å²) in [6, 6.07) is 6.50. The minimum atomic E-state index is -0.792. The predicted molar refractivity (Wildman–Crippen MR) is 88.5 cm³/mol. The highest BCUT2D eigenvalue weighted by atomic mass is 16.5. The van der Waals surface area contributed by atoms with E-state index in [0.29, 0.717) is 12.5 Å². The zero-order valence-corrected chi connectivity index (χ0v) is 13.8. The quantitative estimate of drug-likeness (QED) is 0.891. The first kappa shape index (κ1) is 16.8. The fourth-order valence-electron chi connectivity index (χ4n) is 3.36. The maximum atomic E-state index is 10.9. The van der Waals surface area contributed by atoms with Crippen LogP contribution >= 0.6 is 0 Å². The molecule has 0 aromatic heterocycles. The third-order valence-electron chi connectivity index (χ3n) is 4.24. The van der Waals surface area contributed by atoms with Crippen LogP contribution in [0, 0.1) is 0 Å². The maximum absolute atomic E-state index is 10.9. The van der Waals surface area contributed by atoms with Crippen molar-refractivity contribution in [2.24, 2.45) is 0 Å². The van der Waals surface area contributed by atoms with Crippen LogP contribution in [0.5, 0.6) is 0 Å². The van der Waals surface area contributed by atoms with Crippen LogP contribution in [0.25, 0.3) is 0 Å². The third-order valence-corrected chi connectivity index (χ3v) is 4.24. The number of carbonyl (C=O) groups is 1. The molecule has 4 heteroatoms. The Balaban J connectivity index is 0.000000545. The van der Waals surface area contributed by atoms with E-state index < -0.39 is 5.97 Å². The fraction of sp³-hybridized carbons (Fsp3) is 0.611. The average Bonchev–Trinajstić information content (AvgIpc) is 2.87. The number of benzene rings is 1. The van der Waals surface area contributed by atoms with Gasteiger partial charge in [0.25, 0.3) is 0 Å². The second-order valence-electron chi connectivity index (χ2n) is 6.01. The molecular weight excluding hydrogens is 278 g/mol. The molecular formula is C18H27NO3. The lowest BCUT2D eigenvalue weighted by atomic mass is 9.86. The number of rotatable bonds is 3. The monoisotopic (exact) mass is 305 g/mol. The van der Waals surface area contributed by atoms with Crippen LogP contribution in [0.1, 0.15) is 57.1 Å². The van der Waals surface area contributed by atoms with Crippen LogP contribution < -0.4 is 5.32 Å². The van der Waals surface area contributed by atoms with Gasteiger partial charge in [0.1, 0.15) is 0 Å². The summed E-state index contributed by atoms with van der Waals surface area (Å²) in [5.74, 6) is -0.404. The van der Waals surface area contributed by atoms with E-state index in [1.165, 1.54) is 23.2 Å². The lowest BCUT2D eigenvalue weighted by Crippen LogP contribution is -2.42. The van der Waals surface area contributed by atoms with Gasteiger partial charge < -0.3 is 15.2 Å². The van der Waals surface area contributed by atoms with Crippen molar-refractivity contribution in [2.75, 3.05) is 11.9 Å². The lowest BCUT2D eigenvalue weighted by molar-refractivity contribution is -0.141. The van der Waals surface area contributed by atoms with Crippen LogP contribution in [-0.4, -0.2) is 29.8 Å². The second kappa shape index (κ2) is 7.63. The summed E-state index contributed by atoms with van der Waals surface area (Å²) >= 11 is 0. The van der Waals surface area contributed by atoms with Crippen molar-refractivity contribution in [1.29, 1.82) is 0 Å². The molecule has 1 aromatic carbocycles. The average molecular weight is 305 g/mol. The molecule has 1 aromatic rings. The molecule has 4 nitrogen and oxygen atoms in total. The highest BCUT2D eigenvalue weighted by Gasteiger charge is 2.41. The molecule has 0 spiro atoms. The first-order chi connectivity index (χ1) is 10.6. The first-order valence-electron chi connectivity index (χ1n) is 8.34. The molecule has 1 fully saturated rings. The minimum absolute atomic E-state index is 0.0730. The Morgan fingerprint density at radius 2 is 2.09 bits per heavy atom. The number of carboxylic acids is 1. The first-order valence-corrected chi connectivity index (χ1v) is 8.34. The molecule has 0 aliphatic carbocycles. The largest absolute Gasteiger partial charge is 0.481 e. The number of nitrogens with one attached hydrogen (secondary N) is 1. The molecule has 0 radical (unpaired) electrons. The summed E-state index contributed by atoms with van der Waals surface area (Å²) in [7, 11) is 0. The van der Waals surface area contributed by atoms with Gasteiger partial charge in [0.15, 0.2) is 0 Å². The summed E-state index contributed by atoms with van der Waals surface area (Å²) in [6.07, 6.45) is 3.05. The Morgan fingerprint density at radius 3 is 2.73 bits per heavy atom. The van der Waals surface area contributed by atoms with E-state index in [9.17, 15) is 4.79 Å². The Bertz CT molecular complexity index is 515. The Labute approximate surface area is 132 Å². The van der Waals surface area contributed by atoms with E-state index in [1.54, 1.807) is 0 Å². The number of fused-ring (bicyclic) bond motifs is 3. The van der Waals surface area contributed by atoms with Gasteiger partial charge in [-0.2, -0.15) is 0 Å². The van der Waals surface area contributed by atoms with Crippen LogP contribution in [0.3, 0.4) is 0 Å². The van der Waals surface area contributed by atoms with Crippen LogP contribution in [0.4, 0.5) is 5.69 Å². The standard InChI is InChI=1S/C15H19NO3.C3H8/c1-2-9-4-3-5-10-11-6-7-19-12(8-13(17)18)15(11)16-14(9)10;1-3-2/h3-5,11-12,15-16H,2,6-8H2,1H3,(H,17,18);3H2,1-2H3. The van der Waals surface area contributed by atoms with Gasteiger partial charge in [0.05, 0.1) is 18.6 Å². The number of carboxylic acid groups (broad SMARTS) is 1. The SMILES string of the molecule is CCC.CCc1cccc2c1NC1C(CC(=O)O)OCCC21. The lowest BCUT2D eigenvalue weighted by Gasteiger charge is -2.33. The molecule has 3 unspecified atom stereocenters. The van der Waals surface area contributed by atoms with E-state index in [0.717, 1.165) is 12.8 Å². The van der Waals surface area contributed by atoms with Gasteiger partial charge in [-0.15, -0.1) is 0 Å². The van der Waals surface area contributed by atoms with Crippen molar-refractivity contribution in [3.05, 3.63) is 29.3 Å².